The Morgan fingerprint density at radius 3 is 3.12 bits per heavy atom. The first kappa shape index (κ1) is 14.8. The zero-order valence-electron chi connectivity index (χ0n) is 13.5. The number of carbonyl (C=O) groups is 1. The van der Waals surface area contributed by atoms with E-state index >= 15 is 0 Å². The van der Waals surface area contributed by atoms with E-state index in [-0.39, 0.29) is 5.91 Å². The summed E-state index contributed by atoms with van der Waals surface area (Å²) >= 11 is 0. The van der Waals surface area contributed by atoms with Crippen LogP contribution in [0.2, 0.25) is 0 Å². The fourth-order valence-electron chi connectivity index (χ4n) is 3.14. The molecule has 0 aliphatic carbocycles. The second-order valence-electron chi connectivity index (χ2n) is 6.26. The van der Waals surface area contributed by atoms with Crippen LogP contribution in [0, 0.1) is 5.92 Å². The number of aryl methyl sites for hydroxylation is 1. The number of nitrogens with one attached hydrogen (secondary N) is 1. The maximum Gasteiger partial charge on any atom is 0.251 e. The second kappa shape index (κ2) is 6.00. The molecule has 0 saturated heterocycles. The fourth-order valence-corrected chi connectivity index (χ4v) is 3.14. The minimum Gasteiger partial charge on any atom is -0.493 e. The van der Waals surface area contributed by atoms with E-state index in [4.69, 9.17) is 4.74 Å². The van der Waals surface area contributed by atoms with Gasteiger partial charge in [-0.05, 0) is 36.2 Å². The SMILES string of the molecule is Cn1cnc2cc(C(=O)NC[C@H]3COc4ccccc4C3)ccc21. The van der Waals surface area contributed by atoms with Crippen LogP contribution in [0.5, 0.6) is 5.75 Å². The predicted octanol–water partition coefficient (Wildman–Crippen LogP) is 2.55. The lowest BCUT2D eigenvalue weighted by Gasteiger charge is -2.25. The molecule has 2 heterocycles. The number of rotatable bonds is 3. The molecule has 1 aliphatic rings. The molecule has 0 saturated carbocycles. The molecule has 1 N–H and O–H groups in total. The highest BCUT2D eigenvalue weighted by atomic mass is 16.5. The Kier molecular flexibility index (Phi) is 3.69. The second-order valence-corrected chi connectivity index (χ2v) is 6.26. The number of fused-ring (bicyclic) bond motifs is 2. The molecule has 1 aliphatic heterocycles. The van der Waals surface area contributed by atoms with Crippen LogP contribution in [0.4, 0.5) is 0 Å². The summed E-state index contributed by atoms with van der Waals surface area (Å²) in [6.07, 6.45) is 2.68. The van der Waals surface area contributed by atoms with Gasteiger partial charge in [0.1, 0.15) is 5.75 Å². The summed E-state index contributed by atoms with van der Waals surface area (Å²) < 4.78 is 7.71. The summed E-state index contributed by atoms with van der Waals surface area (Å²) in [5.41, 5.74) is 3.69. The highest BCUT2D eigenvalue weighted by molar-refractivity contribution is 5.97. The molecule has 4 rings (SSSR count). The third-order valence-corrected chi connectivity index (χ3v) is 4.49. The van der Waals surface area contributed by atoms with Gasteiger partial charge in [-0.1, -0.05) is 18.2 Å². The van der Waals surface area contributed by atoms with Crippen molar-refractivity contribution < 1.29 is 9.53 Å². The van der Waals surface area contributed by atoms with Crippen molar-refractivity contribution in [2.24, 2.45) is 13.0 Å². The molecular weight excluding hydrogens is 302 g/mol. The number of carbonyl (C=O) groups excluding carboxylic acids is 1. The number of benzene rings is 2. The van der Waals surface area contributed by atoms with Crippen LogP contribution in [0.1, 0.15) is 15.9 Å². The van der Waals surface area contributed by atoms with Gasteiger partial charge in [-0.25, -0.2) is 4.98 Å². The third kappa shape index (κ3) is 2.73. The topological polar surface area (TPSA) is 56.2 Å². The zero-order valence-corrected chi connectivity index (χ0v) is 13.5. The van der Waals surface area contributed by atoms with Crippen LogP contribution in [0.3, 0.4) is 0 Å². The maximum atomic E-state index is 12.4. The normalized spacial score (nSPS) is 16.5. The number of aromatic nitrogens is 2. The number of para-hydroxylation sites is 1. The highest BCUT2D eigenvalue weighted by Crippen LogP contribution is 2.26. The molecular formula is C19H19N3O2. The van der Waals surface area contributed by atoms with Crippen LogP contribution in [-0.4, -0.2) is 28.6 Å². The summed E-state index contributed by atoms with van der Waals surface area (Å²) in [7, 11) is 1.94. The molecule has 24 heavy (non-hydrogen) atoms. The molecule has 0 spiro atoms. The lowest BCUT2D eigenvalue weighted by Crippen LogP contribution is -2.34. The zero-order chi connectivity index (χ0) is 16.5. The predicted molar refractivity (Wildman–Crippen MR) is 92.2 cm³/mol. The summed E-state index contributed by atoms with van der Waals surface area (Å²) in [5, 5.41) is 3.02. The van der Waals surface area contributed by atoms with Crippen molar-refractivity contribution in [3.8, 4) is 5.75 Å². The first-order chi connectivity index (χ1) is 11.7. The van der Waals surface area contributed by atoms with Crippen LogP contribution in [-0.2, 0) is 13.5 Å². The van der Waals surface area contributed by atoms with Gasteiger partial charge in [-0.15, -0.1) is 0 Å². The Balaban J connectivity index is 1.41. The van der Waals surface area contributed by atoms with Gasteiger partial charge >= 0.3 is 0 Å². The van der Waals surface area contributed by atoms with Gasteiger partial charge in [0.25, 0.3) is 5.91 Å². The van der Waals surface area contributed by atoms with Gasteiger partial charge in [0.05, 0.1) is 24.0 Å². The summed E-state index contributed by atoms with van der Waals surface area (Å²) in [4.78, 5) is 16.7. The Labute approximate surface area is 140 Å². The molecule has 5 heteroatoms. The van der Waals surface area contributed by atoms with Crippen molar-refractivity contribution >= 4 is 16.9 Å². The molecule has 1 aromatic heterocycles. The van der Waals surface area contributed by atoms with E-state index in [0.717, 1.165) is 23.2 Å². The average Bonchev–Trinajstić information content (AvgIpc) is 3.00. The highest BCUT2D eigenvalue weighted by Gasteiger charge is 2.20. The molecule has 1 amide bonds. The molecule has 3 aromatic rings. The van der Waals surface area contributed by atoms with Gasteiger partial charge in [0.15, 0.2) is 0 Å². The molecule has 5 nitrogen and oxygen atoms in total. The maximum absolute atomic E-state index is 12.4. The number of ether oxygens (including phenoxy) is 1. The first-order valence-electron chi connectivity index (χ1n) is 8.10. The fraction of sp³-hybridized carbons (Fsp3) is 0.263. The average molecular weight is 321 g/mol. The summed E-state index contributed by atoms with van der Waals surface area (Å²) in [6.45, 7) is 1.24. The van der Waals surface area contributed by atoms with Crippen molar-refractivity contribution in [3.05, 3.63) is 59.9 Å². The summed E-state index contributed by atoms with van der Waals surface area (Å²) in [6, 6.07) is 13.7. The summed E-state index contributed by atoms with van der Waals surface area (Å²) in [5.74, 6) is 1.18. The van der Waals surface area contributed by atoms with Crippen molar-refractivity contribution in [3.63, 3.8) is 0 Å². The Hall–Kier alpha value is -2.82. The van der Waals surface area contributed by atoms with E-state index in [1.54, 1.807) is 6.33 Å². The number of nitrogens with zero attached hydrogens (tertiary/aromatic N) is 2. The number of amides is 1. The molecule has 2 aromatic carbocycles. The third-order valence-electron chi connectivity index (χ3n) is 4.49. The Morgan fingerprint density at radius 2 is 2.21 bits per heavy atom. The van der Waals surface area contributed by atoms with E-state index < -0.39 is 0 Å². The van der Waals surface area contributed by atoms with E-state index in [0.29, 0.717) is 24.6 Å². The van der Waals surface area contributed by atoms with E-state index in [1.165, 1.54) is 5.56 Å². The van der Waals surface area contributed by atoms with E-state index in [9.17, 15) is 4.79 Å². The Bertz CT molecular complexity index is 901. The van der Waals surface area contributed by atoms with Crippen molar-refractivity contribution in [1.29, 1.82) is 0 Å². The minimum atomic E-state index is -0.0681. The first-order valence-corrected chi connectivity index (χ1v) is 8.10. The van der Waals surface area contributed by atoms with Crippen LogP contribution >= 0.6 is 0 Å². The van der Waals surface area contributed by atoms with Crippen molar-refractivity contribution in [2.45, 2.75) is 6.42 Å². The smallest absolute Gasteiger partial charge is 0.251 e. The molecule has 0 unspecified atom stereocenters. The van der Waals surface area contributed by atoms with Crippen LogP contribution in [0.15, 0.2) is 48.8 Å². The van der Waals surface area contributed by atoms with Crippen LogP contribution in [0.25, 0.3) is 11.0 Å². The van der Waals surface area contributed by atoms with Gasteiger partial charge in [-0.3, -0.25) is 4.79 Å². The van der Waals surface area contributed by atoms with Gasteiger partial charge in [0, 0.05) is 25.1 Å². The standard InChI is InChI=1S/C19H19N3O2/c1-22-12-21-16-9-15(6-7-17(16)22)19(23)20-10-13-8-14-4-2-3-5-18(14)24-11-13/h2-7,9,12-13H,8,10-11H2,1H3,(H,20,23)/t13-/m0/s1. The quantitative estimate of drug-likeness (QED) is 0.806. The van der Waals surface area contributed by atoms with Crippen molar-refractivity contribution in [2.75, 3.05) is 13.2 Å². The molecule has 0 fully saturated rings. The van der Waals surface area contributed by atoms with Crippen LogP contribution < -0.4 is 10.1 Å². The van der Waals surface area contributed by atoms with E-state index in [2.05, 4.69) is 16.4 Å². The lowest BCUT2D eigenvalue weighted by molar-refractivity contribution is 0.0939. The molecule has 1 atom stereocenters. The number of imidazole rings is 1. The number of hydrogen-bond acceptors (Lipinski definition) is 3. The minimum absolute atomic E-state index is 0.0681. The Morgan fingerprint density at radius 1 is 1.33 bits per heavy atom. The monoisotopic (exact) mass is 321 g/mol. The number of hydrogen-bond donors (Lipinski definition) is 1. The van der Waals surface area contributed by atoms with Gasteiger partial charge in [-0.2, -0.15) is 0 Å². The largest absolute Gasteiger partial charge is 0.493 e. The molecule has 0 bridgehead atoms. The lowest BCUT2D eigenvalue weighted by atomic mass is 9.96. The van der Waals surface area contributed by atoms with Crippen molar-refractivity contribution in [1.82, 2.24) is 14.9 Å². The molecule has 122 valence electrons. The molecule has 0 radical (unpaired) electrons. The van der Waals surface area contributed by atoms with E-state index in [1.807, 2.05) is 48.0 Å². The van der Waals surface area contributed by atoms with Gasteiger partial charge < -0.3 is 14.6 Å². The van der Waals surface area contributed by atoms with Gasteiger partial charge in [0.2, 0.25) is 0 Å².